The number of nitrogens with one attached hydrogen (secondary N) is 1. The van der Waals surface area contributed by atoms with E-state index in [1.807, 2.05) is 0 Å². The van der Waals surface area contributed by atoms with Crippen LogP contribution in [0.5, 0.6) is 0 Å². The predicted molar refractivity (Wildman–Crippen MR) is 139 cm³/mol. The summed E-state index contributed by atoms with van der Waals surface area (Å²) in [5.74, 6) is 2.12. The van der Waals surface area contributed by atoms with Crippen molar-refractivity contribution < 1.29 is 4.57 Å². The third kappa shape index (κ3) is 11.3. The molecule has 1 aromatic heterocycles. The van der Waals surface area contributed by atoms with Gasteiger partial charge in [0.25, 0.3) is 5.82 Å². The molecule has 0 radical (unpaired) electrons. The molecule has 180 valence electrons. The Morgan fingerprint density at radius 3 is 1.69 bits per heavy atom. The molecule has 0 unspecified atom stereocenters. The molecule has 0 saturated carbocycles. The summed E-state index contributed by atoms with van der Waals surface area (Å²) in [6.07, 6.45) is 28.1. The van der Waals surface area contributed by atoms with Crippen LogP contribution in [0.25, 0.3) is 0 Å². The topological polar surface area (TPSA) is 19.7 Å². The van der Waals surface area contributed by atoms with Crippen molar-refractivity contribution in [3.8, 4) is 0 Å². The second-order valence-electron chi connectivity index (χ2n) is 9.83. The van der Waals surface area contributed by atoms with Crippen molar-refractivity contribution in [3.05, 3.63) is 54.1 Å². The molecule has 0 amide bonds. The number of aromatic nitrogens is 2. The standard InChI is InChI=1S/C30H50N2/c1-3-5-7-9-11-12-13-15-20-24-29(23-19-14-10-8-6-4-2)30-31-25-26-32(30)27-28-21-17-16-18-22-28/h16-18,21-22,25-26,29H,3-15,19-20,23-24,27H2,1-2H3/p+1/t29-/m0/s1. The van der Waals surface area contributed by atoms with Gasteiger partial charge in [-0.15, -0.1) is 0 Å². The molecule has 0 saturated heterocycles. The van der Waals surface area contributed by atoms with Gasteiger partial charge >= 0.3 is 0 Å². The summed E-state index contributed by atoms with van der Waals surface area (Å²) in [6, 6.07) is 10.9. The zero-order valence-electron chi connectivity index (χ0n) is 21.3. The third-order valence-corrected chi connectivity index (χ3v) is 6.94. The lowest BCUT2D eigenvalue weighted by atomic mass is 9.93. The number of hydrogen-bond donors (Lipinski definition) is 1. The summed E-state index contributed by atoms with van der Waals surface area (Å²) in [6.45, 7) is 5.58. The molecule has 1 heterocycles. The molecule has 1 N–H and O–H groups in total. The van der Waals surface area contributed by atoms with Gasteiger partial charge in [0.1, 0.15) is 18.9 Å². The molecule has 2 nitrogen and oxygen atoms in total. The highest BCUT2D eigenvalue weighted by Crippen LogP contribution is 2.26. The molecular formula is C30H51N2+. The van der Waals surface area contributed by atoms with E-state index in [0.717, 1.165) is 6.54 Å². The van der Waals surface area contributed by atoms with Crippen LogP contribution >= 0.6 is 0 Å². The van der Waals surface area contributed by atoms with Crippen LogP contribution in [0.15, 0.2) is 42.7 Å². The minimum Gasteiger partial charge on any atom is -0.247 e. The Bertz CT molecular complexity index is 660. The van der Waals surface area contributed by atoms with Crippen molar-refractivity contribution in [2.75, 3.05) is 0 Å². The lowest BCUT2D eigenvalue weighted by molar-refractivity contribution is -0.695. The Hall–Kier alpha value is -1.57. The highest BCUT2D eigenvalue weighted by Gasteiger charge is 2.22. The summed E-state index contributed by atoms with van der Waals surface area (Å²) >= 11 is 0. The van der Waals surface area contributed by atoms with Gasteiger partial charge in [0, 0.05) is 0 Å². The van der Waals surface area contributed by atoms with Crippen LogP contribution in [0.1, 0.15) is 140 Å². The fraction of sp³-hybridized carbons (Fsp3) is 0.700. The fourth-order valence-corrected chi connectivity index (χ4v) is 4.94. The Morgan fingerprint density at radius 1 is 0.656 bits per heavy atom. The second-order valence-corrected chi connectivity index (χ2v) is 9.83. The van der Waals surface area contributed by atoms with Gasteiger partial charge in [-0.05, 0) is 18.4 Å². The smallest absolute Gasteiger partial charge is 0.247 e. The number of hydrogen-bond acceptors (Lipinski definition) is 0. The first-order valence-electron chi connectivity index (χ1n) is 14.0. The lowest BCUT2D eigenvalue weighted by Gasteiger charge is -2.14. The number of imidazole rings is 1. The molecule has 1 aromatic carbocycles. The summed E-state index contributed by atoms with van der Waals surface area (Å²) in [4.78, 5) is 3.63. The highest BCUT2D eigenvalue weighted by atomic mass is 15.1. The van der Waals surface area contributed by atoms with Crippen LogP contribution in [0.3, 0.4) is 0 Å². The predicted octanol–water partition coefficient (Wildman–Crippen LogP) is 9.11. The fourth-order valence-electron chi connectivity index (χ4n) is 4.94. The van der Waals surface area contributed by atoms with Crippen molar-refractivity contribution in [3.63, 3.8) is 0 Å². The van der Waals surface area contributed by atoms with E-state index in [-0.39, 0.29) is 0 Å². The first-order chi connectivity index (χ1) is 15.8. The summed E-state index contributed by atoms with van der Waals surface area (Å²) in [5.41, 5.74) is 1.39. The van der Waals surface area contributed by atoms with Crippen LogP contribution in [0, 0.1) is 0 Å². The van der Waals surface area contributed by atoms with Gasteiger partial charge in [-0.3, -0.25) is 0 Å². The quantitative estimate of drug-likeness (QED) is 0.157. The van der Waals surface area contributed by atoms with E-state index < -0.39 is 0 Å². The van der Waals surface area contributed by atoms with Crippen LogP contribution in [-0.4, -0.2) is 4.98 Å². The summed E-state index contributed by atoms with van der Waals surface area (Å²) in [5, 5.41) is 0. The van der Waals surface area contributed by atoms with Crippen molar-refractivity contribution in [1.29, 1.82) is 0 Å². The number of nitrogens with zero attached hydrogens (tertiary/aromatic N) is 1. The van der Waals surface area contributed by atoms with E-state index in [2.05, 4.69) is 66.1 Å². The van der Waals surface area contributed by atoms with Gasteiger partial charge in [0.15, 0.2) is 0 Å². The Kier molecular flexibility index (Phi) is 14.9. The van der Waals surface area contributed by atoms with Crippen LogP contribution in [0.2, 0.25) is 0 Å². The molecule has 0 spiro atoms. The van der Waals surface area contributed by atoms with Crippen LogP contribution in [-0.2, 0) is 6.54 Å². The van der Waals surface area contributed by atoms with E-state index in [1.54, 1.807) is 0 Å². The first kappa shape index (κ1) is 26.7. The Labute approximate surface area is 199 Å². The van der Waals surface area contributed by atoms with E-state index in [4.69, 9.17) is 0 Å². The van der Waals surface area contributed by atoms with Crippen LogP contribution < -0.4 is 4.57 Å². The number of H-pyrrole nitrogens is 1. The Balaban J connectivity index is 1.81. The van der Waals surface area contributed by atoms with Gasteiger partial charge in [0.05, 0.1) is 5.92 Å². The number of benzene rings is 1. The normalized spacial score (nSPS) is 12.3. The Morgan fingerprint density at radius 2 is 1.16 bits per heavy atom. The SMILES string of the molecule is CCCCCCCCCCC[C@H](CCCCCCCC)c1[nH]cc[n+]1Cc1ccccc1. The average molecular weight is 440 g/mol. The molecule has 2 rings (SSSR count). The molecule has 32 heavy (non-hydrogen) atoms. The van der Waals surface area contributed by atoms with E-state index in [1.165, 1.54) is 121 Å². The third-order valence-electron chi connectivity index (χ3n) is 6.94. The maximum Gasteiger partial charge on any atom is 0.257 e. The zero-order chi connectivity index (χ0) is 22.7. The second kappa shape index (κ2) is 17.9. The molecular weight excluding hydrogens is 388 g/mol. The molecule has 0 fully saturated rings. The summed E-state index contributed by atoms with van der Waals surface area (Å²) < 4.78 is 2.46. The van der Waals surface area contributed by atoms with Crippen molar-refractivity contribution in [1.82, 2.24) is 4.98 Å². The zero-order valence-corrected chi connectivity index (χ0v) is 21.3. The van der Waals surface area contributed by atoms with Gasteiger partial charge in [-0.2, -0.15) is 0 Å². The maximum atomic E-state index is 3.63. The van der Waals surface area contributed by atoms with Crippen molar-refractivity contribution in [2.24, 2.45) is 0 Å². The average Bonchev–Trinajstić information content (AvgIpc) is 3.27. The molecule has 1 atom stereocenters. The van der Waals surface area contributed by atoms with E-state index in [0.29, 0.717) is 5.92 Å². The van der Waals surface area contributed by atoms with Gasteiger partial charge < -0.3 is 0 Å². The van der Waals surface area contributed by atoms with Gasteiger partial charge in [-0.1, -0.05) is 140 Å². The molecule has 0 aliphatic carbocycles. The highest BCUT2D eigenvalue weighted by molar-refractivity contribution is 5.13. The summed E-state index contributed by atoms with van der Waals surface area (Å²) in [7, 11) is 0. The van der Waals surface area contributed by atoms with Gasteiger partial charge in [0.2, 0.25) is 0 Å². The molecule has 0 aliphatic rings. The van der Waals surface area contributed by atoms with Crippen molar-refractivity contribution in [2.45, 2.75) is 135 Å². The maximum absolute atomic E-state index is 3.63. The monoisotopic (exact) mass is 439 g/mol. The first-order valence-corrected chi connectivity index (χ1v) is 14.0. The van der Waals surface area contributed by atoms with Crippen LogP contribution in [0.4, 0.5) is 0 Å². The minimum absolute atomic E-state index is 0.671. The molecule has 0 bridgehead atoms. The van der Waals surface area contributed by atoms with E-state index in [9.17, 15) is 0 Å². The van der Waals surface area contributed by atoms with E-state index >= 15 is 0 Å². The number of aromatic amines is 1. The molecule has 2 heteroatoms. The molecule has 2 aromatic rings. The number of unbranched alkanes of at least 4 members (excludes halogenated alkanes) is 13. The number of rotatable bonds is 20. The largest absolute Gasteiger partial charge is 0.257 e. The molecule has 0 aliphatic heterocycles. The van der Waals surface area contributed by atoms with Crippen molar-refractivity contribution >= 4 is 0 Å². The lowest BCUT2D eigenvalue weighted by Crippen LogP contribution is -2.38. The van der Waals surface area contributed by atoms with Gasteiger partial charge in [-0.25, -0.2) is 9.55 Å². The minimum atomic E-state index is 0.671.